The standard InChI is InChI=1S/C15H19N3O5S/c1-3-23-15(20)17-8-6-16(7-9-17)14(19)11-4-5-13(24-2)12(10-11)18(21)22/h4-5,10H,3,6-9H2,1-2H3. The molecule has 130 valence electrons. The first-order valence-electron chi connectivity index (χ1n) is 7.51. The first kappa shape index (κ1) is 18.1. The Hall–Kier alpha value is -2.29. The van der Waals surface area contributed by atoms with E-state index in [9.17, 15) is 19.7 Å². The highest BCUT2D eigenvalue weighted by atomic mass is 32.2. The van der Waals surface area contributed by atoms with Crippen molar-refractivity contribution in [2.45, 2.75) is 11.8 Å². The van der Waals surface area contributed by atoms with Gasteiger partial charge in [-0.25, -0.2) is 4.79 Å². The van der Waals surface area contributed by atoms with E-state index in [-0.39, 0.29) is 23.3 Å². The average molecular weight is 353 g/mol. The number of nitro benzene ring substituents is 1. The molecule has 1 aromatic rings. The molecule has 0 N–H and O–H groups in total. The van der Waals surface area contributed by atoms with E-state index >= 15 is 0 Å². The van der Waals surface area contributed by atoms with E-state index in [0.29, 0.717) is 37.7 Å². The highest BCUT2D eigenvalue weighted by Gasteiger charge is 2.26. The van der Waals surface area contributed by atoms with Crippen LogP contribution in [0.5, 0.6) is 0 Å². The van der Waals surface area contributed by atoms with Crippen molar-refractivity contribution in [3.63, 3.8) is 0 Å². The van der Waals surface area contributed by atoms with Crippen LogP contribution in [0.25, 0.3) is 0 Å². The lowest BCUT2D eigenvalue weighted by Crippen LogP contribution is -2.50. The molecular weight excluding hydrogens is 334 g/mol. The van der Waals surface area contributed by atoms with Gasteiger partial charge in [0.05, 0.1) is 16.4 Å². The number of rotatable bonds is 4. The Morgan fingerprint density at radius 3 is 2.42 bits per heavy atom. The molecule has 24 heavy (non-hydrogen) atoms. The van der Waals surface area contributed by atoms with Crippen molar-refractivity contribution in [2.75, 3.05) is 39.0 Å². The molecule has 1 fully saturated rings. The van der Waals surface area contributed by atoms with Crippen LogP contribution in [0.15, 0.2) is 23.1 Å². The maximum absolute atomic E-state index is 12.5. The van der Waals surface area contributed by atoms with E-state index in [0.717, 1.165) is 0 Å². The number of nitro groups is 1. The third-order valence-corrected chi connectivity index (χ3v) is 4.50. The highest BCUT2D eigenvalue weighted by molar-refractivity contribution is 7.98. The van der Waals surface area contributed by atoms with E-state index in [1.165, 1.54) is 17.8 Å². The van der Waals surface area contributed by atoms with Gasteiger partial charge in [0.1, 0.15) is 0 Å². The van der Waals surface area contributed by atoms with Gasteiger partial charge in [-0.3, -0.25) is 14.9 Å². The third kappa shape index (κ3) is 3.97. The lowest BCUT2D eigenvalue weighted by Gasteiger charge is -2.34. The van der Waals surface area contributed by atoms with Crippen LogP contribution < -0.4 is 0 Å². The van der Waals surface area contributed by atoms with Crippen molar-refractivity contribution in [3.8, 4) is 0 Å². The Morgan fingerprint density at radius 2 is 1.88 bits per heavy atom. The van der Waals surface area contributed by atoms with Crippen LogP contribution in [0.4, 0.5) is 10.5 Å². The number of ether oxygens (including phenoxy) is 1. The fourth-order valence-corrected chi connectivity index (χ4v) is 3.00. The van der Waals surface area contributed by atoms with Crippen LogP contribution in [0, 0.1) is 10.1 Å². The van der Waals surface area contributed by atoms with Gasteiger partial charge in [0.15, 0.2) is 0 Å². The zero-order valence-corrected chi connectivity index (χ0v) is 14.4. The van der Waals surface area contributed by atoms with E-state index in [2.05, 4.69) is 0 Å². The second kappa shape index (κ2) is 8.00. The number of hydrogen-bond donors (Lipinski definition) is 0. The number of thioether (sulfide) groups is 1. The van der Waals surface area contributed by atoms with Crippen molar-refractivity contribution in [1.82, 2.24) is 9.80 Å². The zero-order chi connectivity index (χ0) is 17.7. The van der Waals surface area contributed by atoms with Gasteiger partial charge in [-0.05, 0) is 25.3 Å². The van der Waals surface area contributed by atoms with Crippen molar-refractivity contribution in [1.29, 1.82) is 0 Å². The van der Waals surface area contributed by atoms with E-state index in [4.69, 9.17) is 4.74 Å². The Balaban J connectivity index is 2.07. The Kier molecular flexibility index (Phi) is 6.02. The van der Waals surface area contributed by atoms with Crippen LogP contribution >= 0.6 is 11.8 Å². The summed E-state index contributed by atoms with van der Waals surface area (Å²) in [5.41, 5.74) is 0.211. The zero-order valence-electron chi connectivity index (χ0n) is 13.6. The van der Waals surface area contributed by atoms with E-state index in [1.807, 2.05) is 0 Å². The molecule has 2 amide bonds. The summed E-state index contributed by atoms with van der Waals surface area (Å²) in [5.74, 6) is -0.269. The maximum atomic E-state index is 12.5. The summed E-state index contributed by atoms with van der Waals surface area (Å²) >= 11 is 1.26. The molecule has 0 spiro atoms. The topological polar surface area (TPSA) is 93.0 Å². The minimum atomic E-state index is -0.485. The first-order valence-corrected chi connectivity index (χ1v) is 8.73. The predicted molar refractivity (Wildman–Crippen MR) is 89.4 cm³/mol. The fourth-order valence-electron chi connectivity index (χ4n) is 2.46. The third-order valence-electron chi connectivity index (χ3n) is 3.72. The lowest BCUT2D eigenvalue weighted by atomic mass is 10.1. The fraction of sp³-hybridized carbons (Fsp3) is 0.467. The van der Waals surface area contributed by atoms with E-state index < -0.39 is 4.92 Å². The maximum Gasteiger partial charge on any atom is 0.409 e. The van der Waals surface area contributed by atoms with Crippen molar-refractivity contribution in [3.05, 3.63) is 33.9 Å². The molecule has 0 atom stereocenters. The number of nitrogens with zero attached hydrogens (tertiary/aromatic N) is 3. The molecular formula is C15H19N3O5S. The number of piperazine rings is 1. The minimum absolute atomic E-state index is 0.0708. The molecule has 1 saturated heterocycles. The molecule has 0 unspecified atom stereocenters. The number of carbonyl (C=O) groups excluding carboxylic acids is 2. The van der Waals surface area contributed by atoms with Gasteiger partial charge in [0.25, 0.3) is 11.6 Å². The summed E-state index contributed by atoms with van der Waals surface area (Å²) in [5, 5.41) is 11.1. The van der Waals surface area contributed by atoms with Gasteiger partial charge >= 0.3 is 6.09 Å². The molecule has 1 aromatic carbocycles. The molecule has 8 nitrogen and oxygen atoms in total. The summed E-state index contributed by atoms with van der Waals surface area (Å²) < 4.78 is 4.94. The predicted octanol–water partition coefficient (Wildman–Crippen LogP) is 2.23. The van der Waals surface area contributed by atoms with Crippen LogP contribution in [-0.4, -0.2) is 65.8 Å². The number of benzene rings is 1. The molecule has 2 rings (SSSR count). The lowest BCUT2D eigenvalue weighted by molar-refractivity contribution is -0.387. The van der Waals surface area contributed by atoms with Gasteiger partial charge in [0, 0.05) is 37.8 Å². The second-order valence-corrected chi connectivity index (χ2v) is 5.97. The van der Waals surface area contributed by atoms with Crippen LogP contribution in [0.2, 0.25) is 0 Å². The molecule has 1 aliphatic heterocycles. The molecule has 0 bridgehead atoms. The van der Waals surface area contributed by atoms with Crippen LogP contribution in [0.3, 0.4) is 0 Å². The van der Waals surface area contributed by atoms with Gasteiger partial charge < -0.3 is 14.5 Å². The summed E-state index contributed by atoms with van der Waals surface area (Å²) in [7, 11) is 0. The average Bonchev–Trinajstić information content (AvgIpc) is 2.60. The second-order valence-electron chi connectivity index (χ2n) is 5.12. The number of hydrogen-bond acceptors (Lipinski definition) is 6. The first-order chi connectivity index (χ1) is 11.5. The monoisotopic (exact) mass is 353 g/mol. The summed E-state index contributed by atoms with van der Waals surface area (Å²) in [4.78, 5) is 38.5. The molecule has 0 radical (unpaired) electrons. The molecule has 0 aromatic heterocycles. The summed E-state index contributed by atoms with van der Waals surface area (Å²) in [6.45, 7) is 3.56. The Labute approximate surface area is 143 Å². The summed E-state index contributed by atoms with van der Waals surface area (Å²) in [6.07, 6.45) is 1.36. The largest absolute Gasteiger partial charge is 0.450 e. The van der Waals surface area contributed by atoms with Crippen molar-refractivity contribution in [2.24, 2.45) is 0 Å². The molecule has 0 saturated carbocycles. The molecule has 1 heterocycles. The van der Waals surface area contributed by atoms with Crippen LogP contribution in [0.1, 0.15) is 17.3 Å². The van der Waals surface area contributed by atoms with E-state index in [1.54, 1.807) is 35.1 Å². The Bertz CT molecular complexity index is 644. The SMILES string of the molecule is CCOC(=O)N1CCN(C(=O)c2ccc(SC)c([N+](=O)[O-])c2)CC1. The van der Waals surface area contributed by atoms with Crippen molar-refractivity contribution < 1.29 is 19.2 Å². The highest BCUT2D eigenvalue weighted by Crippen LogP contribution is 2.28. The van der Waals surface area contributed by atoms with Crippen LogP contribution in [-0.2, 0) is 4.74 Å². The normalized spacial score (nSPS) is 14.4. The molecule has 1 aliphatic rings. The van der Waals surface area contributed by atoms with Gasteiger partial charge in [-0.15, -0.1) is 11.8 Å². The van der Waals surface area contributed by atoms with Gasteiger partial charge in [0.2, 0.25) is 0 Å². The smallest absolute Gasteiger partial charge is 0.409 e. The molecule has 0 aliphatic carbocycles. The van der Waals surface area contributed by atoms with Crippen molar-refractivity contribution >= 4 is 29.4 Å². The molecule has 9 heteroatoms. The van der Waals surface area contributed by atoms with Gasteiger partial charge in [-0.2, -0.15) is 0 Å². The van der Waals surface area contributed by atoms with Gasteiger partial charge in [-0.1, -0.05) is 0 Å². The number of carbonyl (C=O) groups is 2. The quantitative estimate of drug-likeness (QED) is 0.468. The summed E-state index contributed by atoms with van der Waals surface area (Å²) in [6, 6.07) is 4.50. The number of amides is 2. The Morgan fingerprint density at radius 1 is 1.25 bits per heavy atom. The minimum Gasteiger partial charge on any atom is -0.450 e.